The molecule has 0 bridgehead atoms. The molecule has 0 saturated heterocycles. The molecule has 90 valence electrons. The van der Waals surface area contributed by atoms with Crippen molar-refractivity contribution < 1.29 is 5.11 Å². The van der Waals surface area contributed by atoms with Crippen molar-refractivity contribution in [2.45, 2.75) is 65.0 Å². The number of rotatable bonds is 5. The van der Waals surface area contributed by atoms with Gasteiger partial charge >= 0.3 is 0 Å². The lowest BCUT2D eigenvalue weighted by molar-refractivity contribution is 0.0990. The molecular weight excluding hydrogens is 186 g/mol. The number of aliphatic hydroxyl groups is 1. The molecule has 2 nitrogen and oxygen atoms in total. The summed E-state index contributed by atoms with van der Waals surface area (Å²) in [5, 5.41) is 8.91. The molecule has 0 spiro atoms. The summed E-state index contributed by atoms with van der Waals surface area (Å²) >= 11 is 0. The van der Waals surface area contributed by atoms with Gasteiger partial charge in [0, 0.05) is 25.2 Å². The first kappa shape index (κ1) is 13.0. The normalized spacial score (nSPS) is 27.6. The van der Waals surface area contributed by atoms with E-state index in [0.29, 0.717) is 12.6 Å². The molecule has 0 atom stereocenters. The Morgan fingerprint density at radius 3 is 2.27 bits per heavy atom. The van der Waals surface area contributed by atoms with Crippen LogP contribution >= 0.6 is 0 Å². The average molecular weight is 213 g/mol. The van der Waals surface area contributed by atoms with Gasteiger partial charge in [0.2, 0.25) is 0 Å². The first-order valence-corrected chi connectivity index (χ1v) is 6.51. The van der Waals surface area contributed by atoms with Gasteiger partial charge in [-0.15, -0.1) is 0 Å². The highest BCUT2D eigenvalue weighted by atomic mass is 16.3. The number of hydrogen-bond acceptors (Lipinski definition) is 2. The molecule has 0 aliphatic heterocycles. The number of hydrogen-bond donors (Lipinski definition) is 1. The molecule has 0 radical (unpaired) electrons. The van der Waals surface area contributed by atoms with Crippen molar-refractivity contribution in [1.82, 2.24) is 4.90 Å². The van der Waals surface area contributed by atoms with Crippen LogP contribution in [0.25, 0.3) is 0 Å². The second-order valence-corrected chi connectivity index (χ2v) is 5.32. The molecule has 0 aromatic carbocycles. The lowest BCUT2D eigenvalue weighted by Crippen LogP contribution is -2.43. The fourth-order valence-corrected chi connectivity index (χ4v) is 2.69. The van der Waals surface area contributed by atoms with Crippen LogP contribution in [0.4, 0.5) is 0 Å². The third kappa shape index (κ3) is 4.12. The molecule has 1 rings (SSSR count). The van der Waals surface area contributed by atoms with Gasteiger partial charge in [0.15, 0.2) is 0 Å². The Morgan fingerprint density at radius 2 is 1.80 bits per heavy atom. The fourth-order valence-electron chi connectivity index (χ4n) is 2.69. The zero-order valence-corrected chi connectivity index (χ0v) is 10.6. The molecule has 1 aliphatic carbocycles. The van der Waals surface area contributed by atoms with Crippen molar-refractivity contribution in [2.75, 3.05) is 13.2 Å². The van der Waals surface area contributed by atoms with Crippen molar-refractivity contribution in [1.29, 1.82) is 0 Å². The molecule has 1 N–H and O–H groups in total. The van der Waals surface area contributed by atoms with Crippen LogP contribution < -0.4 is 0 Å². The fraction of sp³-hybridized carbons (Fsp3) is 1.00. The van der Waals surface area contributed by atoms with Gasteiger partial charge in [-0.1, -0.05) is 6.92 Å². The van der Waals surface area contributed by atoms with E-state index in [0.717, 1.165) is 24.9 Å². The van der Waals surface area contributed by atoms with E-state index in [1.54, 1.807) is 0 Å². The quantitative estimate of drug-likeness (QED) is 0.759. The van der Waals surface area contributed by atoms with Crippen molar-refractivity contribution in [3.8, 4) is 0 Å². The predicted octanol–water partition coefficient (Wildman–Crippen LogP) is 2.66. The summed E-state index contributed by atoms with van der Waals surface area (Å²) in [4.78, 5) is 2.59. The third-order valence-corrected chi connectivity index (χ3v) is 3.69. The maximum atomic E-state index is 8.91. The molecule has 1 saturated carbocycles. The van der Waals surface area contributed by atoms with Crippen LogP contribution in [0, 0.1) is 5.92 Å². The van der Waals surface area contributed by atoms with Crippen LogP contribution in [0.1, 0.15) is 52.9 Å². The summed E-state index contributed by atoms with van der Waals surface area (Å²) in [6.45, 7) is 8.30. The summed E-state index contributed by atoms with van der Waals surface area (Å²) in [6, 6.07) is 1.39. The summed E-state index contributed by atoms with van der Waals surface area (Å²) in [5.74, 6) is 0.924. The van der Waals surface area contributed by atoms with Crippen LogP contribution in [0.15, 0.2) is 0 Å². The molecular formula is C13H27NO. The molecule has 15 heavy (non-hydrogen) atoms. The Balaban J connectivity index is 2.41. The highest BCUT2D eigenvalue weighted by molar-refractivity contribution is 4.80. The van der Waals surface area contributed by atoms with Crippen molar-refractivity contribution in [2.24, 2.45) is 5.92 Å². The Labute approximate surface area is 94.7 Å². The van der Waals surface area contributed by atoms with E-state index in [1.807, 2.05) is 0 Å². The van der Waals surface area contributed by atoms with E-state index in [-0.39, 0.29) is 0 Å². The molecule has 0 aromatic heterocycles. The van der Waals surface area contributed by atoms with E-state index in [4.69, 9.17) is 5.11 Å². The number of nitrogens with zero attached hydrogens (tertiary/aromatic N) is 1. The van der Waals surface area contributed by atoms with Gasteiger partial charge in [0.05, 0.1) is 0 Å². The smallest absolute Gasteiger partial charge is 0.0443 e. The first-order chi connectivity index (χ1) is 7.15. The van der Waals surface area contributed by atoms with E-state index in [2.05, 4.69) is 25.7 Å². The van der Waals surface area contributed by atoms with Gasteiger partial charge in [-0.2, -0.15) is 0 Å². The van der Waals surface area contributed by atoms with Crippen molar-refractivity contribution >= 4 is 0 Å². The standard InChI is InChI=1S/C13H27NO/c1-11(2)14(9-4-10-15)13-7-5-12(3)6-8-13/h11-13,15H,4-10H2,1-3H3. The Bertz CT molecular complexity index is 162. The van der Waals surface area contributed by atoms with Gasteiger partial charge in [0.25, 0.3) is 0 Å². The molecule has 0 amide bonds. The maximum absolute atomic E-state index is 8.91. The van der Waals surface area contributed by atoms with E-state index < -0.39 is 0 Å². The van der Waals surface area contributed by atoms with Gasteiger partial charge in [0.1, 0.15) is 0 Å². The number of aliphatic hydroxyl groups excluding tert-OH is 1. The van der Waals surface area contributed by atoms with Gasteiger partial charge in [-0.3, -0.25) is 4.90 Å². The zero-order chi connectivity index (χ0) is 11.3. The first-order valence-electron chi connectivity index (χ1n) is 6.51. The molecule has 0 aromatic rings. The highest BCUT2D eigenvalue weighted by Crippen LogP contribution is 2.28. The van der Waals surface area contributed by atoms with Gasteiger partial charge < -0.3 is 5.11 Å². The largest absolute Gasteiger partial charge is 0.396 e. The Morgan fingerprint density at radius 1 is 1.20 bits per heavy atom. The minimum atomic E-state index is 0.326. The second kappa shape index (κ2) is 6.49. The molecule has 0 unspecified atom stereocenters. The summed E-state index contributed by atoms with van der Waals surface area (Å²) in [5.41, 5.74) is 0. The average Bonchev–Trinajstić information content (AvgIpc) is 2.21. The lowest BCUT2D eigenvalue weighted by Gasteiger charge is -2.38. The monoisotopic (exact) mass is 213 g/mol. The summed E-state index contributed by atoms with van der Waals surface area (Å²) in [6.07, 6.45) is 6.39. The second-order valence-electron chi connectivity index (χ2n) is 5.32. The van der Waals surface area contributed by atoms with Gasteiger partial charge in [-0.25, -0.2) is 0 Å². The van der Waals surface area contributed by atoms with Crippen molar-refractivity contribution in [3.05, 3.63) is 0 Å². The van der Waals surface area contributed by atoms with Crippen LogP contribution in [0.2, 0.25) is 0 Å². The predicted molar refractivity (Wildman–Crippen MR) is 65.0 cm³/mol. The van der Waals surface area contributed by atoms with Crippen LogP contribution in [0.3, 0.4) is 0 Å². The molecule has 2 heteroatoms. The summed E-state index contributed by atoms with van der Waals surface area (Å²) < 4.78 is 0. The van der Waals surface area contributed by atoms with Crippen LogP contribution in [-0.4, -0.2) is 35.2 Å². The maximum Gasteiger partial charge on any atom is 0.0443 e. The minimum Gasteiger partial charge on any atom is -0.396 e. The Hall–Kier alpha value is -0.0800. The highest BCUT2D eigenvalue weighted by Gasteiger charge is 2.25. The topological polar surface area (TPSA) is 23.5 Å². The molecule has 0 heterocycles. The SMILES string of the molecule is CC1CCC(N(CCCO)C(C)C)CC1. The van der Waals surface area contributed by atoms with Crippen LogP contribution in [0.5, 0.6) is 0 Å². The Kier molecular flexibility index (Phi) is 5.62. The molecule has 1 aliphatic rings. The van der Waals surface area contributed by atoms with E-state index in [9.17, 15) is 0 Å². The van der Waals surface area contributed by atoms with E-state index in [1.165, 1.54) is 25.7 Å². The van der Waals surface area contributed by atoms with Crippen LogP contribution in [-0.2, 0) is 0 Å². The van der Waals surface area contributed by atoms with Crippen molar-refractivity contribution in [3.63, 3.8) is 0 Å². The molecule has 1 fully saturated rings. The summed E-state index contributed by atoms with van der Waals surface area (Å²) in [7, 11) is 0. The minimum absolute atomic E-state index is 0.326. The zero-order valence-electron chi connectivity index (χ0n) is 10.6. The van der Waals surface area contributed by atoms with E-state index >= 15 is 0 Å². The third-order valence-electron chi connectivity index (χ3n) is 3.69. The lowest BCUT2D eigenvalue weighted by atomic mass is 9.86. The van der Waals surface area contributed by atoms with Gasteiger partial charge in [-0.05, 0) is 51.9 Å².